The molecule has 0 rings (SSSR count). The monoisotopic (exact) mass is 1250 g/mol. The molecule has 0 aromatic carbocycles. The third-order valence-corrected chi connectivity index (χ3v) is 17.2. The van der Waals surface area contributed by atoms with Crippen LogP contribution in [-0.2, 0) is 28.5 Å². The molecule has 0 saturated carbocycles. The Balaban J connectivity index is 5.27. The molecule has 0 aliphatic rings. The van der Waals surface area contributed by atoms with Crippen molar-refractivity contribution in [2.75, 3.05) is 126 Å². The average Bonchev–Trinajstić information content (AvgIpc) is 3.51. The fraction of sp³-hybridized carbons (Fsp3) is 0.968. The normalized spacial score (nSPS) is 12.5. The number of carbonyl (C=O) groups is 2. The van der Waals surface area contributed by atoms with Crippen molar-refractivity contribution < 1.29 is 53.6 Å². The minimum absolute atomic E-state index is 0.122. The first-order chi connectivity index (χ1) is 42.5. The van der Waals surface area contributed by atoms with E-state index in [1.807, 2.05) is 30.5 Å². The summed E-state index contributed by atoms with van der Waals surface area (Å²) < 4.78 is 22.0. The van der Waals surface area contributed by atoms with Crippen molar-refractivity contribution in [1.29, 1.82) is 0 Å². The summed E-state index contributed by atoms with van der Waals surface area (Å²) in [7, 11) is 4.29. The van der Waals surface area contributed by atoms with Gasteiger partial charge in [-0.2, -0.15) is 0 Å². The first-order valence-electron chi connectivity index (χ1n) is 35.9. The summed E-state index contributed by atoms with van der Waals surface area (Å²) in [4.78, 5) is 41.5. The van der Waals surface area contributed by atoms with E-state index >= 15 is 0 Å². The number of amides is 2. The molecule has 0 aliphatic carbocycles. The number of ether oxygens (including phenoxy) is 3. The van der Waals surface area contributed by atoms with Gasteiger partial charge in [0.05, 0.1) is 33.0 Å². The Hall–Kier alpha value is -1.59. The zero-order valence-electron chi connectivity index (χ0n) is 58.3. The van der Waals surface area contributed by atoms with Gasteiger partial charge in [-0.3, -0.25) is 4.79 Å². The van der Waals surface area contributed by atoms with Gasteiger partial charge in [0, 0.05) is 13.5 Å². The van der Waals surface area contributed by atoms with Crippen molar-refractivity contribution in [2.24, 2.45) is 10.8 Å². The first-order valence-corrected chi connectivity index (χ1v) is 35.9. The van der Waals surface area contributed by atoms with Gasteiger partial charge in [0.1, 0.15) is 0 Å². The van der Waals surface area contributed by atoms with Crippen molar-refractivity contribution in [3.8, 4) is 0 Å². The molecule has 2 amide bonds. The van der Waals surface area contributed by atoms with Crippen LogP contribution in [0.2, 0.25) is 34.1 Å². The van der Waals surface area contributed by atoms with Crippen LogP contribution in [0.5, 0.6) is 0 Å². The number of methoxy groups -OCH3 is 1. The van der Waals surface area contributed by atoms with E-state index < -0.39 is 41.3 Å². The summed E-state index contributed by atoms with van der Waals surface area (Å²) in [5.41, 5.74) is 0. The summed E-state index contributed by atoms with van der Waals surface area (Å²) in [6, 6.07) is -0.578. The van der Waals surface area contributed by atoms with Crippen LogP contribution in [0.25, 0.3) is 0 Å². The van der Waals surface area contributed by atoms with Gasteiger partial charge in [0.25, 0.3) is 0 Å². The number of nitrogens with zero attached hydrogens (tertiary/aromatic N) is 6. The van der Waals surface area contributed by atoms with Gasteiger partial charge in [-0.25, -0.2) is 0 Å². The summed E-state index contributed by atoms with van der Waals surface area (Å²) in [6.45, 7) is 21.0. The topological polar surface area (TPSA) is 225 Å². The van der Waals surface area contributed by atoms with Gasteiger partial charge in [0.2, 0.25) is 5.91 Å². The van der Waals surface area contributed by atoms with E-state index in [0.717, 1.165) is 142 Å². The number of unbranched alkanes of at least 4 members (excludes halogenated alkanes) is 25. The molecule has 0 heterocycles. The van der Waals surface area contributed by atoms with Crippen LogP contribution in [0, 0.1) is 5.92 Å². The quantitative estimate of drug-likeness (QED) is 0.0223. The maximum absolute atomic E-state index is 13.6. The number of hydrogen-bond donors (Lipinski definition) is 7. The molecule has 19 nitrogen and oxygen atoms in total. The van der Waals surface area contributed by atoms with Crippen LogP contribution in [0.4, 0.5) is 0 Å². The van der Waals surface area contributed by atoms with E-state index in [2.05, 4.69) is 32.0 Å². The molecule has 0 spiro atoms. The van der Waals surface area contributed by atoms with Gasteiger partial charge in [-0.15, -0.1) is 0 Å². The van der Waals surface area contributed by atoms with Crippen LogP contribution in [0.1, 0.15) is 225 Å². The van der Waals surface area contributed by atoms with Crippen molar-refractivity contribution in [3.05, 3.63) is 0 Å². The SMILES string of the molecule is CCCCCCCCCCCCCCCCCCCCCCC(NC(=O)CCOCCOCCOC)C(=O)NCCCCCCC(CN=BOCCCCCN(CCCN(C)B(C)O)B(C)O)CN(CCCCN(CCCN(C)B(C)O)B(C)O)B(C)O. The molecule has 7 N–H and O–H groups in total. The summed E-state index contributed by atoms with van der Waals surface area (Å²) in [5.74, 6) is -0.111. The third kappa shape index (κ3) is 54.9. The number of carbonyl (C=O) groups excluding carboxylic acids is 2. The molecule has 0 radical (unpaired) electrons. The van der Waals surface area contributed by atoms with Crippen molar-refractivity contribution in [2.45, 2.75) is 265 Å². The Bertz CT molecular complexity index is 1570. The Morgan fingerprint density at radius 3 is 1.35 bits per heavy atom. The van der Waals surface area contributed by atoms with Crippen molar-refractivity contribution in [1.82, 2.24) is 34.7 Å². The molecule has 25 heteroatoms. The molecule has 2 atom stereocenters. The number of hydrogen-bond acceptors (Lipinski definition) is 17. The van der Waals surface area contributed by atoms with E-state index in [-0.39, 0.29) is 30.8 Å². The Morgan fingerprint density at radius 2 is 0.875 bits per heavy atom. The molecular weight excluding hydrogens is 1110 g/mol. The second kappa shape index (κ2) is 62.8. The summed E-state index contributed by atoms with van der Waals surface area (Å²) in [6.07, 6.45) is 38.0. The third-order valence-electron chi connectivity index (χ3n) is 17.2. The molecule has 0 fully saturated rings. The minimum atomic E-state index is -0.627. The molecule has 0 saturated heterocycles. The van der Waals surface area contributed by atoms with Crippen LogP contribution in [0.15, 0.2) is 4.90 Å². The first kappa shape index (κ1) is 86.4. The molecule has 0 aromatic heterocycles. The van der Waals surface area contributed by atoms with Gasteiger partial charge in [0.15, 0.2) is 0 Å². The molecular formula is C63H136B6N8O11. The predicted octanol–water partition coefficient (Wildman–Crippen LogP) is 9.31. The van der Waals surface area contributed by atoms with E-state index in [1.165, 1.54) is 109 Å². The van der Waals surface area contributed by atoms with Gasteiger partial charge >= 0.3 is 284 Å². The van der Waals surface area contributed by atoms with Crippen LogP contribution in [0.3, 0.4) is 0 Å². The fourth-order valence-corrected chi connectivity index (χ4v) is 11.0. The average molecular weight is 1250 g/mol. The molecule has 0 bridgehead atoms. The zero-order chi connectivity index (χ0) is 65.1. The van der Waals surface area contributed by atoms with Crippen LogP contribution in [-0.4, -0.2) is 236 Å². The number of rotatable bonds is 68. The van der Waals surface area contributed by atoms with Gasteiger partial charge in [-0.1, -0.05) is 135 Å². The van der Waals surface area contributed by atoms with E-state index in [4.69, 9.17) is 23.8 Å². The van der Waals surface area contributed by atoms with E-state index in [9.17, 15) is 34.7 Å². The second-order valence-corrected chi connectivity index (χ2v) is 25.5. The van der Waals surface area contributed by atoms with E-state index in [1.54, 1.807) is 41.7 Å². The predicted molar refractivity (Wildman–Crippen MR) is 373 cm³/mol. The number of nitrogens with one attached hydrogen (secondary N) is 2. The van der Waals surface area contributed by atoms with E-state index in [0.29, 0.717) is 59.1 Å². The van der Waals surface area contributed by atoms with Gasteiger partial charge in [-0.05, 0) is 33.7 Å². The molecule has 512 valence electrons. The van der Waals surface area contributed by atoms with Crippen molar-refractivity contribution in [3.63, 3.8) is 0 Å². The molecule has 0 aromatic rings. The van der Waals surface area contributed by atoms with Crippen LogP contribution < -0.4 is 10.6 Å². The molecule has 0 aliphatic heterocycles. The second-order valence-electron chi connectivity index (χ2n) is 25.5. The summed E-state index contributed by atoms with van der Waals surface area (Å²) in [5, 5.41) is 57.6. The zero-order valence-corrected chi connectivity index (χ0v) is 58.3. The van der Waals surface area contributed by atoms with Gasteiger partial charge < -0.3 is 34.4 Å². The van der Waals surface area contributed by atoms with Crippen molar-refractivity contribution >= 4 is 54.3 Å². The Morgan fingerprint density at radius 1 is 0.466 bits per heavy atom. The molecule has 2 unspecified atom stereocenters. The fourth-order valence-electron chi connectivity index (χ4n) is 11.0. The Kier molecular flexibility index (Phi) is 61.7. The Labute approximate surface area is 542 Å². The summed E-state index contributed by atoms with van der Waals surface area (Å²) >= 11 is 0. The van der Waals surface area contributed by atoms with Crippen LogP contribution >= 0.6 is 0 Å². The standard InChI is InChI=1S/C63H136B6N8O11/c1-10-11-12-13-14-15-16-17-18-19-20-21-22-23-24-25-26-27-28-33-42-61(72-62(78)43-53-86-56-57-87-55-54-85-9)63(79)70-44-34-30-29-32-41-60(58-71-64-88-52-38-31-35-47-75(67(4)82)50-39-45-73(7)65(2)80)59-77(69(6)84)49-37-36-48-76(68(5)83)51-40-46-74(8)66(3)81/h60-61,80-84H,10-59H2,1-9H3,(H,70,79)(H,72,78). The molecule has 88 heavy (non-hydrogen) atoms. The maximum atomic E-state index is 13.6.